The predicted molar refractivity (Wildman–Crippen MR) is 58.7 cm³/mol. The van der Waals surface area contributed by atoms with Crippen molar-refractivity contribution >= 4 is 0 Å². The minimum Gasteiger partial charge on any atom is -0.496 e. The standard InChI is InChI=1S/C12H16O3/c1-3-4-10-5-9(7-13)6-11(8-14)12(10)15-2/h3,5-6,13-14H,1,4,7-8H2,2H3. The van der Waals surface area contributed by atoms with Crippen molar-refractivity contribution in [2.45, 2.75) is 19.6 Å². The molecule has 2 N–H and O–H groups in total. The second kappa shape index (κ2) is 5.53. The van der Waals surface area contributed by atoms with Gasteiger partial charge >= 0.3 is 0 Å². The number of aliphatic hydroxyl groups is 2. The molecule has 1 aromatic carbocycles. The molecule has 0 bridgehead atoms. The van der Waals surface area contributed by atoms with Gasteiger partial charge in [-0.2, -0.15) is 0 Å². The molecule has 0 aromatic heterocycles. The molecule has 82 valence electrons. The van der Waals surface area contributed by atoms with Crippen molar-refractivity contribution in [1.82, 2.24) is 0 Å². The van der Waals surface area contributed by atoms with Crippen LogP contribution < -0.4 is 4.74 Å². The maximum absolute atomic E-state index is 9.17. The van der Waals surface area contributed by atoms with Crippen LogP contribution in [0.15, 0.2) is 24.8 Å². The van der Waals surface area contributed by atoms with Gasteiger partial charge in [-0.05, 0) is 29.7 Å². The van der Waals surface area contributed by atoms with Crippen LogP contribution >= 0.6 is 0 Å². The van der Waals surface area contributed by atoms with Gasteiger partial charge < -0.3 is 14.9 Å². The third-order valence-electron chi connectivity index (χ3n) is 2.22. The molecule has 0 atom stereocenters. The first kappa shape index (κ1) is 11.8. The highest BCUT2D eigenvalue weighted by molar-refractivity contribution is 5.45. The Bertz CT molecular complexity index is 345. The lowest BCUT2D eigenvalue weighted by molar-refractivity contribution is 0.268. The van der Waals surface area contributed by atoms with E-state index in [4.69, 9.17) is 9.84 Å². The molecule has 0 aliphatic carbocycles. The second-order valence-electron chi connectivity index (χ2n) is 3.26. The number of benzene rings is 1. The van der Waals surface area contributed by atoms with E-state index in [9.17, 15) is 5.11 Å². The molecule has 0 amide bonds. The quantitative estimate of drug-likeness (QED) is 0.719. The van der Waals surface area contributed by atoms with E-state index in [1.54, 1.807) is 19.3 Å². The van der Waals surface area contributed by atoms with E-state index in [0.29, 0.717) is 17.7 Å². The van der Waals surface area contributed by atoms with Crippen molar-refractivity contribution < 1.29 is 14.9 Å². The lowest BCUT2D eigenvalue weighted by Gasteiger charge is -2.13. The summed E-state index contributed by atoms with van der Waals surface area (Å²) in [5.74, 6) is 0.676. The fourth-order valence-electron chi connectivity index (χ4n) is 1.60. The molecule has 3 heteroatoms. The number of aliphatic hydroxyl groups excluding tert-OH is 2. The van der Waals surface area contributed by atoms with Gasteiger partial charge in [-0.15, -0.1) is 6.58 Å². The highest BCUT2D eigenvalue weighted by Crippen LogP contribution is 2.26. The number of allylic oxidation sites excluding steroid dienone is 1. The Labute approximate surface area is 89.6 Å². The Morgan fingerprint density at radius 3 is 2.40 bits per heavy atom. The van der Waals surface area contributed by atoms with Crippen molar-refractivity contribution in [3.05, 3.63) is 41.5 Å². The van der Waals surface area contributed by atoms with Crippen molar-refractivity contribution in [2.24, 2.45) is 0 Å². The average Bonchev–Trinajstić information content (AvgIpc) is 2.28. The molecule has 0 radical (unpaired) electrons. The molecular formula is C12H16O3. The van der Waals surface area contributed by atoms with Gasteiger partial charge in [-0.3, -0.25) is 0 Å². The van der Waals surface area contributed by atoms with Crippen LogP contribution in [0.25, 0.3) is 0 Å². The molecule has 0 aliphatic rings. The summed E-state index contributed by atoms with van der Waals surface area (Å²) in [7, 11) is 1.57. The summed E-state index contributed by atoms with van der Waals surface area (Å²) in [5.41, 5.74) is 2.40. The first-order chi connectivity index (χ1) is 7.26. The van der Waals surface area contributed by atoms with Crippen LogP contribution in [-0.2, 0) is 19.6 Å². The van der Waals surface area contributed by atoms with Gasteiger partial charge in [0.25, 0.3) is 0 Å². The number of hydrogen-bond donors (Lipinski definition) is 2. The molecule has 0 aliphatic heterocycles. The van der Waals surface area contributed by atoms with Gasteiger partial charge in [0, 0.05) is 5.56 Å². The van der Waals surface area contributed by atoms with Crippen molar-refractivity contribution in [1.29, 1.82) is 0 Å². The first-order valence-corrected chi connectivity index (χ1v) is 4.78. The molecule has 0 saturated heterocycles. The summed E-state index contributed by atoms with van der Waals surface area (Å²) in [6.45, 7) is 3.53. The van der Waals surface area contributed by atoms with E-state index in [1.165, 1.54) is 0 Å². The molecule has 0 unspecified atom stereocenters. The van der Waals surface area contributed by atoms with E-state index in [2.05, 4.69) is 6.58 Å². The van der Waals surface area contributed by atoms with Crippen LogP contribution in [0.5, 0.6) is 5.75 Å². The summed E-state index contributed by atoms with van der Waals surface area (Å²) in [6.07, 6.45) is 2.42. The predicted octanol–water partition coefficient (Wildman–Crippen LogP) is 1.41. The summed E-state index contributed by atoms with van der Waals surface area (Å²) in [6, 6.07) is 3.60. The highest BCUT2D eigenvalue weighted by Gasteiger charge is 2.09. The Morgan fingerprint density at radius 2 is 1.93 bits per heavy atom. The zero-order chi connectivity index (χ0) is 11.3. The van der Waals surface area contributed by atoms with Crippen LogP contribution in [0.4, 0.5) is 0 Å². The van der Waals surface area contributed by atoms with Gasteiger partial charge in [-0.25, -0.2) is 0 Å². The third-order valence-corrected chi connectivity index (χ3v) is 2.22. The van der Waals surface area contributed by atoms with Crippen LogP contribution in [0.2, 0.25) is 0 Å². The molecule has 1 rings (SSSR count). The Balaban J connectivity index is 3.25. The molecular weight excluding hydrogens is 192 g/mol. The summed E-state index contributed by atoms with van der Waals surface area (Å²) < 4.78 is 5.23. The highest BCUT2D eigenvalue weighted by atomic mass is 16.5. The number of rotatable bonds is 5. The van der Waals surface area contributed by atoms with Gasteiger partial charge in [-0.1, -0.05) is 6.08 Å². The monoisotopic (exact) mass is 208 g/mol. The molecule has 0 heterocycles. The largest absolute Gasteiger partial charge is 0.496 e. The molecule has 1 aromatic rings. The van der Waals surface area contributed by atoms with Crippen LogP contribution in [-0.4, -0.2) is 17.3 Å². The van der Waals surface area contributed by atoms with Crippen molar-refractivity contribution in [2.75, 3.05) is 7.11 Å². The maximum atomic E-state index is 9.17. The Hall–Kier alpha value is -1.32. The minimum absolute atomic E-state index is 0.0405. The number of methoxy groups -OCH3 is 1. The van der Waals surface area contributed by atoms with E-state index in [1.807, 2.05) is 6.07 Å². The van der Waals surface area contributed by atoms with Crippen LogP contribution in [0.1, 0.15) is 16.7 Å². The second-order valence-corrected chi connectivity index (χ2v) is 3.26. The number of hydrogen-bond acceptors (Lipinski definition) is 3. The minimum atomic E-state index is -0.0961. The fourth-order valence-corrected chi connectivity index (χ4v) is 1.60. The number of ether oxygens (including phenoxy) is 1. The maximum Gasteiger partial charge on any atom is 0.127 e. The summed E-state index contributed by atoms with van der Waals surface area (Å²) in [4.78, 5) is 0. The zero-order valence-corrected chi connectivity index (χ0v) is 8.86. The smallest absolute Gasteiger partial charge is 0.127 e. The average molecular weight is 208 g/mol. The fraction of sp³-hybridized carbons (Fsp3) is 0.333. The normalized spacial score (nSPS) is 10.1. The molecule has 15 heavy (non-hydrogen) atoms. The molecule has 3 nitrogen and oxygen atoms in total. The van der Waals surface area contributed by atoms with Crippen molar-refractivity contribution in [3.8, 4) is 5.75 Å². The van der Waals surface area contributed by atoms with Crippen molar-refractivity contribution in [3.63, 3.8) is 0 Å². The van der Waals surface area contributed by atoms with Gasteiger partial charge in [0.1, 0.15) is 5.75 Å². The Kier molecular flexibility index (Phi) is 4.34. The Morgan fingerprint density at radius 1 is 1.27 bits per heavy atom. The molecule has 0 spiro atoms. The van der Waals surface area contributed by atoms with Crippen LogP contribution in [0, 0.1) is 0 Å². The van der Waals surface area contributed by atoms with E-state index in [0.717, 1.165) is 11.1 Å². The SMILES string of the molecule is C=CCc1cc(CO)cc(CO)c1OC. The van der Waals surface area contributed by atoms with E-state index < -0.39 is 0 Å². The lowest BCUT2D eigenvalue weighted by atomic mass is 10.0. The summed E-state index contributed by atoms with van der Waals surface area (Å²) >= 11 is 0. The molecule has 0 saturated carbocycles. The van der Waals surface area contributed by atoms with Gasteiger partial charge in [0.2, 0.25) is 0 Å². The lowest BCUT2D eigenvalue weighted by Crippen LogP contribution is -1.99. The van der Waals surface area contributed by atoms with E-state index in [-0.39, 0.29) is 13.2 Å². The van der Waals surface area contributed by atoms with Crippen LogP contribution in [0.3, 0.4) is 0 Å². The zero-order valence-electron chi connectivity index (χ0n) is 8.86. The van der Waals surface area contributed by atoms with Gasteiger partial charge in [0.05, 0.1) is 20.3 Å². The topological polar surface area (TPSA) is 49.7 Å². The van der Waals surface area contributed by atoms with E-state index >= 15 is 0 Å². The van der Waals surface area contributed by atoms with Gasteiger partial charge in [0.15, 0.2) is 0 Å². The third kappa shape index (κ3) is 2.58. The molecule has 0 fully saturated rings. The first-order valence-electron chi connectivity index (χ1n) is 4.78. The summed E-state index contributed by atoms with van der Waals surface area (Å²) in [5, 5.41) is 18.2.